The molecule has 0 spiro atoms. The molecule has 1 amide bonds. The van der Waals surface area contributed by atoms with Crippen LogP contribution in [0.25, 0.3) is 0 Å². The van der Waals surface area contributed by atoms with E-state index in [9.17, 15) is 9.18 Å². The smallest absolute Gasteiger partial charge is 0.257 e. The van der Waals surface area contributed by atoms with E-state index in [1.165, 1.54) is 23.9 Å². The molecule has 0 bridgehead atoms. The molecule has 20 heavy (non-hydrogen) atoms. The van der Waals surface area contributed by atoms with Gasteiger partial charge in [-0.05, 0) is 36.6 Å². The average molecular weight is 330 g/mol. The highest BCUT2D eigenvalue weighted by Crippen LogP contribution is 2.26. The Balaban J connectivity index is 2.30. The average Bonchev–Trinajstić information content (AvgIpc) is 2.44. The molecule has 0 radical (unpaired) electrons. The van der Waals surface area contributed by atoms with Crippen molar-refractivity contribution < 1.29 is 9.18 Å². The number of nitrogens with one attached hydrogen (secondary N) is 1. The number of halogens is 3. The predicted molar refractivity (Wildman–Crippen MR) is 82.6 cm³/mol. The molecule has 0 saturated heterocycles. The molecule has 2 aromatic carbocycles. The van der Waals surface area contributed by atoms with Crippen LogP contribution in [-0.4, -0.2) is 12.2 Å². The summed E-state index contributed by atoms with van der Waals surface area (Å²) >= 11 is 13.1. The molecule has 0 aromatic heterocycles. The molecule has 0 saturated carbocycles. The molecule has 0 fully saturated rings. The summed E-state index contributed by atoms with van der Waals surface area (Å²) < 4.78 is 13.7. The van der Waals surface area contributed by atoms with E-state index >= 15 is 0 Å². The highest BCUT2D eigenvalue weighted by Gasteiger charge is 2.14. The molecule has 0 atom stereocenters. The van der Waals surface area contributed by atoms with Gasteiger partial charge in [-0.15, -0.1) is 11.8 Å². The number of benzene rings is 2. The second-order valence-corrected chi connectivity index (χ2v) is 5.60. The Morgan fingerprint density at radius 2 is 1.95 bits per heavy atom. The van der Waals surface area contributed by atoms with Gasteiger partial charge in [-0.3, -0.25) is 4.79 Å². The molecule has 2 nitrogen and oxygen atoms in total. The van der Waals surface area contributed by atoms with Crippen molar-refractivity contribution in [3.05, 3.63) is 57.8 Å². The number of carbonyl (C=O) groups excluding carboxylic acids is 1. The van der Waals surface area contributed by atoms with E-state index < -0.39 is 11.7 Å². The fraction of sp³-hybridized carbons (Fsp3) is 0.0714. The van der Waals surface area contributed by atoms with Crippen LogP contribution in [0.3, 0.4) is 0 Å². The van der Waals surface area contributed by atoms with Gasteiger partial charge in [0, 0.05) is 4.90 Å². The summed E-state index contributed by atoms with van der Waals surface area (Å²) in [6.45, 7) is 0. The van der Waals surface area contributed by atoms with E-state index in [0.29, 0.717) is 5.02 Å². The molecule has 0 aliphatic carbocycles. The summed E-state index contributed by atoms with van der Waals surface area (Å²) in [5, 5.41) is 2.73. The van der Waals surface area contributed by atoms with Gasteiger partial charge in [0.05, 0.1) is 21.3 Å². The lowest BCUT2D eigenvalue weighted by Gasteiger charge is -2.09. The molecule has 2 rings (SSSR count). The standard InChI is InChI=1S/C14H10Cl2FNOS/c1-20-8-5-6-10(15)9(7-8)14(19)18-12-4-2-3-11(16)13(12)17/h2-7H,1H3,(H,18,19). The quantitative estimate of drug-likeness (QED) is 0.793. The third kappa shape index (κ3) is 3.26. The van der Waals surface area contributed by atoms with Crippen molar-refractivity contribution in [1.29, 1.82) is 0 Å². The maximum absolute atomic E-state index is 13.7. The molecule has 0 heterocycles. The van der Waals surface area contributed by atoms with Crippen LogP contribution in [0.1, 0.15) is 10.4 Å². The number of carbonyl (C=O) groups is 1. The first kappa shape index (κ1) is 15.2. The summed E-state index contributed by atoms with van der Waals surface area (Å²) in [4.78, 5) is 13.0. The van der Waals surface area contributed by atoms with E-state index in [4.69, 9.17) is 23.2 Å². The van der Waals surface area contributed by atoms with Crippen LogP contribution in [0.2, 0.25) is 10.0 Å². The van der Waals surface area contributed by atoms with Crippen LogP contribution in [0.4, 0.5) is 10.1 Å². The monoisotopic (exact) mass is 329 g/mol. The van der Waals surface area contributed by atoms with Crippen molar-refractivity contribution in [3.63, 3.8) is 0 Å². The van der Waals surface area contributed by atoms with Gasteiger partial charge in [-0.1, -0.05) is 29.3 Å². The van der Waals surface area contributed by atoms with Crippen molar-refractivity contribution in [3.8, 4) is 0 Å². The van der Waals surface area contributed by atoms with Gasteiger partial charge in [0.25, 0.3) is 5.91 Å². The van der Waals surface area contributed by atoms with Crippen molar-refractivity contribution in [2.45, 2.75) is 4.90 Å². The minimum atomic E-state index is -0.667. The van der Waals surface area contributed by atoms with Gasteiger partial charge in [0.15, 0.2) is 5.82 Å². The van der Waals surface area contributed by atoms with E-state index in [0.717, 1.165) is 4.90 Å². The SMILES string of the molecule is CSc1ccc(Cl)c(C(=O)Nc2cccc(Cl)c2F)c1. The molecule has 0 aliphatic heterocycles. The molecule has 104 valence electrons. The Labute approximate surface area is 130 Å². The minimum absolute atomic E-state index is 0.0214. The number of hydrogen-bond acceptors (Lipinski definition) is 2. The molecular formula is C14H10Cl2FNOS. The Hall–Kier alpha value is -1.23. The Bertz CT molecular complexity index is 664. The third-order valence-electron chi connectivity index (χ3n) is 2.62. The summed E-state index contributed by atoms with van der Waals surface area (Å²) in [6, 6.07) is 9.51. The second kappa shape index (κ2) is 6.48. The fourth-order valence-corrected chi connectivity index (χ4v) is 2.41. The van der Waals surface area contributed by atoms with E-state index in [-0.39, 0.29) is 16.3 Å². The molecule has 6 heteroatoms. The Morgan fingerprint density at radius 3 is 2.65 bits per heavy atom. The third-order valence-corrected chi connectivity index (χ3v) is 3.96. The van der Waals surface area contributed by atoms with Gasteiger partial charge in [0.1, 0.15) is 0 Å². The van der Waals surface area contributed by atoms with Gasteiger partial charge in [-0.2, -0.15) is 0 Å². The van der Waals surface area contributed by atoms with Crippen molar-refractivity contribution in [2.75, 3.05) is 11.6 Å². The molecule has 1 N–H and O–H groups in total. The largest absolute Gasteiger partial charge is 0.319 e. The summed E-state index contributed by atoms with van der Waals surface area (Å²) in [7, 11) is 0. The summed E-state index contributed by atoms with van der Waals surface area (Å²) in [5.41, 5.74) is 0.311. The fourth-order valence-electron chi connectivity index (χ4n) is 1.60. The first-order chi connectivity index (χ1) is 9.52. The van der Waals surface area contributed by atoms with Gasteiger partial charge in [-0.25, -0.2) is 4.39 Å². The highest BCUT2D eigenvalue weighted by molar-refractivity contribution is 7.98. The van der Waals surface area contributed by atoms with E-state index in [2.05, 4.69) is 5.32 Å². The van der Waals surface area contributed by atoms with Crippen LogP contribution in [0, 0.1) is 5.82 Å². The van der Waals surface area contributed by atoms with Crippen LogP contribution in [0.15, 0.2) is 41.3 Å². The van der Waals surface area contributed by atoms with Crippen molar-refractivity contribution >= 4 is 46.6 Å². The van der Waals surface area contributed by atoms with Crippen molar-refractivity contribution in [2.24, 2.45) is 0 Å². The number of anilines is 1. The zero-order valence-corrected chi connectivity index (χ0v) is 12.7. The number of rotatable bonds is 3. The molecule has 2 aromatic rings. The second-order valence-electron chi connectivity index (χ2n) is 3.90. The minimum Gasteiger partial charge on any atom is -0.319 e. The number of thioether (sulfide) groups is 1. The van der Waals surface area contributed by atoms with Gasteiger partial charge < -0.3 is 5.32 Å². The first-order valence-electron chi connectivity index (χ1n) is 5.62. The van der Waals surface area contributed by atoms with Gasteiger partial charge >= 0.3 is 0 Å². The van der Waals surface area contributed by atoms with E-state index in [1.807, 2.05) is 12.3 Å². The maximum Gasteiger partial charge on any atom is 0.257 e. The lowest BCUT2D eigenvalue weighted by atomic mass is 10.2. The number of hydrogen-bond donors (Lipinski definition) is 1. The topological polar surface area (TPSA) is 29.1 Å². The predicted octanol–water partition coefficient (Wildman–Crippen LogP) is 5.11. The Kier molecular flexibility index (Phi) is 4.91. The zero-order valence-electron chi connectivity index (χ0n) is 10.4. The van der Waals surface area contributed by atoms with Crippen LogP contribution in [-0.2, 0) is 0 Å². The van der Waals surface area contributed by atoms with E-state index in [1.54, 1.807) is 18.2 Å². The lowest BCUT2D eigenvalue weighted by Crippen LogP contribution is -2.13. The number of amides is 1. The highest BCUT2D eigenvalue weighted by atomic mass is 35.5. The van der Waals surface area contributed by atoms with Crippen molar-refractivity contribution in [1.82, 2.24) is 0 Å². The lowest BCUT2D eigenvalue weighted by molar-refractivity contribution is 0.102. The van der Waals surface area contributed by atoms with Crippen LogP contribution >= 0.6 is 35.0 Å². The van der Waals surface area contributed by atoms with Gasteiger partial charge in [0.2, 0.25) is 0 Å². The summed E-state index contributed by atoms with van der Waals surface area (Å²) in [6.07, 6.45) is 1.89. The summed E-state index contributed by atoms with van der Waals surface area (Å²) in [5.74, 6) is -1.15. The zero-order chi connectivity index (χ0) is 14.7. The first-order valence-corrected chi connectivity index (χ1v) is 7.60. The molecule has 0 aliphatic rings. The maximum atomic E-state index is 13.7. The van der Waals surface area contributed by atoms with Crippen LogP contribution < -0.4 is 5.32 Å². The normalized spacial score (nSPS) is 10.4. The molecular weight excluding hydrogens is 320 g/mol. The van der Waals surface area contributed by atoms with Crippen LogP contribution in [0.5, 0.6) is 0 Å². The molecule has 0 unspecified atom stereocenters. The Morgan fingerprint density at radius 1 is 1.20 bits per heavy atom.